The van der Waals surface area contributed by atoms with Crippen LogP contribution in [0.1, 0.15) is 76.9 Å². The molecule has 2 atom stereocenters. The fourth-order valence-electron chi connectivity index (χ4n) is 6.71. The second kappa shape index (κ2) is 12.6. The largest absolute Gasteiger partial charge is 0.378 e. The molecule has 0 spiro atoms. The van der Waals surface area contributed by atoms with Crippen molar-refractivity contribution in [3.05, 3.63) is 106 Å². The van der Waals surface area contributed by atoms with E-state index in [1.54, 1.807) is 18.2 Å². The van der Waals surface area contributed by atoms with Gasteiger partial charge in [0.15, 0.2) is 11.6 Å². The van der Waals surface area contributed by atoms with Crippen LogP contribution in [-0.4, -0.2) is 62.1 Å². The summed E-state index contributed by atoms with van der Waals surface area (Å²) in [6, 6.07) is 20.9. The molecule has 226 valence electrons. The number of hydrogen-bond acceptors (Lipinski definition) is 8. The van der Waals surface area contributed by atoms with Crippen LogP contribution in [0.15, 0.2) is 83.5 Å². The Kier molecular flexibility index (Phi) is 8.44. The molecule has 1 saturated heterocycles. The van der Waals surface area contributed by atoms with E-state index in [1.807, 2.05) is 55.5 Å². The SMILES string of the molecule is CCN1c2ccc(C(=O)c3ccc(N4CCOCC4)cc3C(=O)c3ccccc3)cc2[C@H]2CC(/C(C)=N/OC(C)=O)=CCC21. The van der Waals surface area contributed by atoms with Gasteiger partial charge in [0.1, 0.15) is 0 Å². The van der Waals surface area contributed by atoms with Crippen LogP contribution in [-0.2, 0) is 14.4 Å². The summed E-state index contributed by atoms with van der Waals surface area (Å²) in [5, 5.41) is 4.02. The number of ether oxygens (including phenoxy) is 1. The van der Waals surface area contributed by atoms with Crippen LogP contribution >= 0.6 is 0 Å². The van der Waals surface area contributed by atoms with Crippen molar-refractivity contribution in [2.75, 3.05) is 42.6 Å². The molecule has 6 rings (SSSR count). The summed E-state index contributed by atoms with van der Waals surface area (Å²) >= 11 is 0. The number of morpholine rings is 1. The first kappa shape index (κ1) is 29.5. The quantitative estimate of drug-likeness (QED) is 0.139. The van der Waals surface area contributed by atoms with Gasteiger partial charge >= 0.3 is 5.97 Å². The Balaban J connectivity index is 1.36. The highest BCUT2D eigenvalue weighted by Crippen LogP contribution is 2.48. The number of allylic oxidation sites excluding steroid dienone is 1. The van der Waals surface area contributed by atoms with Crippen molar-refractivity contribution in [1.29, 1.82) is 0 Å². The Morgan fingerprint density at radius 3 is 2.39 bits per heavy atom. The van der Waals surface area contributed by atoms with Gasteiger partial charge in [-0.25, -0.2) is 4.79 Å². The molecule has 3 aromatic carbocycles. The van der Waals surface area contributed by atoms with Crippen LogP contribution in [0.3, 0.4) is 0 Å². The fraction of sp³-hybridized carbons (Fsp3) is 0.333. The highest BCUT2D eigenvalue weighted by molar-refractivity contribution is 6.20. The van der Waals surface area contributed by atoms with E-state index in [2.05, 4.69) is 28.0 Å². The number of carbonyl (C=O) groups excluding carboxylic acids is 3. The smallest absolute Gasteiger partial charge is 0.331 e. The van der Waals surface area contributed by atoms with Gasteiger partial charge < -0.3 is 19.4 Å². The first-order valence-electron chi connectivity index (χ1n) is 15.3. The lowest BCUT2D eigenvalue weighted by Crippen LogP contribution is -2.36. The molecule has 0 bridgehead atoms. The molecule has 0 saturated carbocycles. The molecule has 0 radical (unpaired) electrons. The predicted octanol–water partition coefficient (Wildman–Crippen LogP) is 5.94. The molecular weight excluding hydrogens is 554 g/mol. The average Bonchev–Trinajstić information content (AvgIpc) is 3.39. The monoisotopic (exact) mass is 591 g/mol. The Morgan fingerprint density at radius 2 is 1.66 bits per heavy atom. The zero-order chi connectivity index (χ0) is 30.8. The topological polar surface area (TPSA) is 88.5 Å². The molecule has 8 heteroatoms. The van der Waals surface area contributed by atoms with Crippen LogP contribution in [0.2, 0.25) is 0 Å². The first-order chi connectivity index (χ1) is 21.4. The van der Waals surface area contributed by atoms with Gasteiger partial charge in [0.05, 0.1) is 18.9 Å². The summed E-state index contributed by atoms with van der Waals surface area (Å²) in [6.45, 7) is 8.90. The lowest BCUT2D eigenvalue weighted by Gasteiger charge is -2.32. The number of likely N-dealkylation sites (N-methyl/N-ethyl adjacent to an activating group) is 1. The van der Waals surface area contributed by atoms with E-state index in [1.165, 1.54) is 6.92 Å². The molecule has 3 aliphatic rings. The maximum atomic E-state index is 14.2. The minimum absolute atomic E-state index is 0.161. The van der Waals surface area contributed by atoms with E-state index in [4.69, 9.17) is 9.57 Å². The Labute approximate surface area is 257 Å². The molecule has 2 heterocycles. The molecule has 0 N–H and O–H groups in total. The number of nitrogens with zero attached hydrogens (tertiary/aromatic N) is 3. The number of ketones is 2. The zero-order valence-electron chi connectivity index (χ0n) is 25.4. The third-order valence-electron chi connectivity index (χ3n) is 8.93. The van der Waals surface area contributed by atoms with E-state index < -0.39 is 5.97 Å². The maximum absolute atomic E-state index is 14.2. The normalized spacial score (nSPS) is 19.6. The lowest BCUT2D eigenvalue weighted by molar-refractivity contribution is -0.140. The van der Waals surface area contributed by atoms with E-state index in [9.17, 15) is 14.4 Å². The number of fused-ring (bicyclic) bond motifs is 3. The molecule has 2 aliphatic heterocycles. The molecule has 0 amide bonds. The van der Waals surface area contributed by atoms with Gasteiger partial charge in [0, 0.05) is 72.1 Å². The highest BCUT2D eigenvalue weighted by atomic mass is 16.7. The third-order valence-corrected chi connectivity index (χ3v) is 8.93. The van der Waals surface area contributed by atoms with Gasteiger partial charge in [-0.3, -0.25) is 9.59 Å². The molecular formula is C36H37N3O5. The Bertz CT molecular complexity index is 1660. The second-order valence-corrected chi connectivity index (χ2v) is 11.5. The molecule has 1 unspecified atom stereocenters. The van der Waals surface area contributed by atoms with Gasteiger partial charge in [-0.1, -0.05) is 41.6 Å². The molecule has 0 aromatic heterocycles. The summed E-state index contributed by atoms with van der Waals surface area (Å²) in [4.78, 5) is 48.9. The van der Waals surface area contributed by atoms with Gasteiger partial charge in [-0.05, 0) is 74.2 Å². The summed E-state index contributed by atoms with van der Waals surface area (Å²) in [6.07, 6.45) is 3.74. The van der Waals surface area contributed by atoms with Crippen molar-refractivity contribution in [3.63, 3.8) is 0 Å². The van der Waals surface area contributed by atoms with Gasteiger partial charge in [-0.2, -0.15) is 0 Å². The molecule has 1 aliphatic carbocycles. The number of carbonyl (C=O) groups is 3. The predicted molar refractivity (Wildman–Crippen MR) is 171 cm³/mol. The highest BCUT2D eigenvalue weighted by Gasteiger charge is 2.40. The summed E-state index contributed by atoms with van der Waals surface area (Å²) in [5.41, 5.74) is 6.79. The maximum Gasteiger partial charge on any atom is 0.331 e. The number of anilines is 2. The average molecular weight is 592 g/mol. The van der Waals surface area contributed by atoms with Crippen LogP contribution in [0.25, 0.3) is 0 Å². The van der Waals surface area contributed by atoms with Gasteiger partial charge in [-0.15, -0.1) is 0 Å². The Morgan fingerprint density at radius 1 is 0.909 bits per heavy atom. The van der Waals surface area contributed by atoms with Crippen molar-refractivity contribution in [1.82, 2.24) is 0 Å². The third kappa shape index (κ3) is 5.69. The number of oxime groups is 1. The summed E-state index contributed by atoms with van der Waals surface area (Å²) in [5.74, 6) is -0.638. The van der Waals surface area contributed by atoms with Crippen molar-refractivity contribution in [2.24, 2.45) is 5.16 Å². The van der Waals surface area contributed by atoms with Crippen molar-refractivity contribution in [2.45, 2.75) is 45.6 Å². The molecule has 1 fully saturated rings. The van der Waals surface area contributed by atoms with Gasteiger partial charge in [0.2, 0.25) is 0 Å². The van der Waals surface area contributed by atoms with Crippen LogP contribution < -0.4 is 9.80 Å². The first-order valence-corrected chi connectivity index (χ1v) is 15.3. The van der Waals surface area contributed by atoms with Crippen molar-refractivity contribution >= 4 is 34.6 Å². The minimum atomic E-state index is -0.451. The lowest BCUT2D eigenvalue weighted by atomic mass is 9.80. The number of rotatable bonds is 8. The number of benzene rings is 3. The van der Waals surface area contributed by atoms with E-state index >= 15 is 0 Å². The van der Waals surface area contributed by atoms with E-state index in [0.29, 0.717) is 41.2 Å². The van der Waals surface area contributed by atoms with E-state index in [0.717, 1.165) is 55.0 Å². The van der Waals surface area contributed by atoms with Crippen LogP contribution in [0.5, 0.6) is 0 Å². The standard InChI is InChI=1S/C36H37N3O5/c1-4-39-33-14-10-26(23(2)37-44-24(3)40)20-30(33)31-21-27(11-15-34(31)39)36(42)29-13-12-28(38-16-18-43-19-17-38)22-32(29)35(41)25-8-6-5-7-9-25/h5-13,15,21-22,30,33H,4,14,16-20H2,1-3H3/b37-23+/t30-,33?/m1/s1. The molecule has 44 heavy (non-hydrogen) atoms. The summed E-state index contributed by atoms with van der Waals surface area (Å²) in [7, 11) is 0. The van der Waals surface area contributed by atoms with Crippen molar-refractivity contribution in [3.8, 4) is 0 Å². The zero-order valence-corrected chi connectivity index (χ0v) is 25.4. The summed E-state index contributed by atoms with van der Waals surface area (Å²) < 4.78 is 5.52. The number of hydrogen-bond donors (Lipinski definition) is 0. The Hall–Kier alpha value is -4.56. The van der Waals surface area contributed by atoms with E-state index in [-0.39, 0.29) is 23.5 Å². The van der Waals surface area contributed by atoms with Gasteiger partial charge in [0.25, 0.3) is 0 Å². The second-order valence-electron chi connectivity index (χ2n) is 11.5. The minimum Gasteiger partial charge on any atom is -0.378 e. The molecule has 8 nitrogen and oxygen atoms in total. The molecule has 3 aromatic rings. The van der Waals surface area contributed by atoms with Crippen molar-refractivity contribution < 1.29 is 24.0 Å². The van der Waals surface area contributed by atoms with Crippen LogP contribution in [0, 0.1) is 0 Å². The fourth-order valence-corrected chi connectivity index (χ4v) is 6.71. The van der Waals surface area contributed by atoms with Crippen LogP contribution in [0.4, 0.5) is 11.4 Å².